The Morgan fingerprint density at radius 3 is 2.43 bits per heavy atom. The SMILES string of the molecule is C[C@]1(CC(=O)Sc2ccccc2)C=C(c2ccccc2)COC1. The molecule has 23 heavy (non-hydrogen) atoms. The number of carbonyl (C=O) groups excluding carboxylic acids is 1. The van der Waals surface area contributed by atoms with Crippen molar-refractivity contribution in [1.82, 2.24) is 0 Å². The molecule has 0 fully saturated rings. The maximum absolute atomic E-state index is 12.4. The van der Waals surface area contributed by atoms with E-state index in [0.717, 1.165) is 10.5 Å². The van der Waals surface area contributed by atoms with Crippen molar-refractivity contribution in [2.75, 3.05) is 13.2 Å². The van der Waals surface area contributed by atoms with Gasteiger partial charge in [0.25, 0.3) is 0 Å². The zero-order valence-corrected chi connectivity index (χ0v) is 14.0. The van der Waals surface area contributed by atoms with Crippen molar-refractivity contribution in [2.45, 2.75) is 18.2 Å². The standard InChI is InChI=1S/C20H20O2S/c1-20(13-19(21)23-18-10-6-3-7-11-18)12-17(14-22-15-20)16-8-4-2-5-9-16/h2-12H,13-15H2,1H3/t20-/m1/s1. The van der Waals surface area contributed by atoms with Crippen LogP contribution in [0.5, 0.6) is 0 Å². The van der Waals surface area contributed by atoms with Crippen molar-refractivity contribution in [2.24, 2.45) is 5.41 Å². The fourth-order valence-corrected chi connectivity index (χ4v) is 3.76. The van der Waals surface area contributed by atoms with Crippen LogP contribution >= 0.6 is 11.8 Å². The van der Waals surface area contributed by atoms with Crippen molar-refractivity contribution in [3.05, 3.63) is 72.3 Å². The average molecular weight is 324 g/mol. The summed E-state index contributed by atoms with van der Waals surface area (Å²) in [5.74, 6) is 0. The number of carbonyl (C=O) groups is 1. The lowest BCUT2D eigenvalue weighted by Gasteiger charge is -2.31. The molecule has 3 rings (SSSR count). The Balaban J connectivity index is 1.72. The second-order valence-corrected chi connectivity index (χ2v) is 7.28. The van der Waals surface area contributed by atoms with Crippen molar-refractivity contribution < 1.29 is 9.53 Å². The first-order valence-electron chi connectivity index (χ1n) is 7.75. The van der Waals surface area contributed by atoms with Crippen molar-refractivity contribution in [1.29, 1.82) is 0 Å². The minimum Gasteiger partial charge on any atom is -0.376 e. The van der Waals surface area contributed by atoms with Gasteiger partial charge >= 0.3 is 0 Å². The predicted octanol–water partition coefficient (Wildman–Crippen LogP) is 4.82. The van der Waals surface area contributed by atoms with E-state index < -0.39 is 0 Å². The molecule has 2 nitrogen and oxygen atoms in total. The third-order valence-corrected chi connectivity index (χ3v) is 4.76. The van der Waals surface area contributed by atoms with Crippen LogP contribution in [0.2, 0.25) is 0 Å². The van der Waals surface area contributed by atoms with Gasteiger partial charge in [0.2, 0.25) is 0 Å². The molecule has 0 spiro atoms. The molecule has 0 N–H and O–H groups in total. The lowest BCUT2D eigenvalue weighted by molar-refractivity contribution is -0.113. The van der Waals surface area contributed by atoms with Gasteiger partial charge in [0.05, 0.1) is 13.2 Å². The molecule has 118 valence electrons. The fourth-order valence-electron chi connectivity index (χ4n) is 2.80. The van der Waals surface area contributed by atoms with E-state index in [4.69, 9.17) is 4.74 Å². The summed E-state index contributed by atoms with van der Waals surface area (Å²) in [6, 6.07) is 20.0. The number of rotatable bonds is 4. The van der Waals surface area contributed by atoms with Gasteiger partial charge in [-0.2, -0.15) is 0 Å². The molecule has 2 aromatic rings. The molecule has 1 heterocycles. The Morgan fingerprint density at radius 1 is 1.09 bits per heavy atom. The van der Waals surface area contributed by atoms with E-state index in [2.05, 4.69) is 25.1 Å². The first kappa shape index (κ1) is 16.0. The van der Waals surface area contributed by atoms with E-state index in [0.29, 0.717) is 19.6 Å². The first-order chi connectivity index (χ1) is 11.1. The van der Waals surface area contributed by atoms with E-state index in [1.54, 1.807) is 0 Å². The van der Waals surface area contributed by atoms with Gasteiger partial charge in [0, 0.05) is 16.7 Å². The fraction of sp³-hybridized carbons (Fsp3) is 0.250. The molecule has 0 saturated carbocycles. The van der Waals surface area contributed by atoms with Crippen LogP contribution in [0.25, 0.3) is 5.57 Å². The summed E-state index contributed by atoms with van der Waals surface area (Å²) in [5.41, 5.74) is 2.08. The summed E-state index contributed by atoms with van der Waals surface area (Å²) >= 11 is 1.31. The van der Waals surface area contributed by atoms with Crippen molar-refractivity contribution in [3.8, 4) is 0 Å². The van der Waals surface area contributed by atoms with Gasteiger partial charge in [-0.1, -0.05) is 73.3 Å². The Hall–Kier alpha value is -1.84. The van der Waals surface area contributed by atoms with E-state index in [1.807, 2.05) is 48.5 Å². The second-order valence-electron chi connectivity index (χ2n) is 6.15. The highest BCUT2D eigenvalue weighted by atomic mass is 32.2. The summed E-state index contributed by atoms with van der Waals surface area (Å²) in [6.07, 6.45) is 2.69. The minimum absolute atomic E-state index is 0.174. The van der Waals surface area contributed by atoms with Gasteiger partial charge in [-0.25, -0.2) is 0 Å². The highest BCUT2D eigenvalue weighted by Crippen LogP contribution is 2.35. The molecule has 2 aromatic carbocycles. The Morgan fingerprint density at radius 2 is 1.74 bits per heavy atom. The van der Waals surface area contributed by atoms with Crippen LogP contribution in [0.4, 0.5) is 0 Å². The molecule has 0 unspecified atom stereocenters. The van der Waals surface area contributed by atoms with Crippen LogP contribution in [-0.4, -0.2) is 18.3 Å². The van der Waals surface area contributed by atoms with Crippen LogP contribution in [-0.2, 0) is 9.53 Å². The monoisotopic (exact) mass is 324 g/mol. The number of hydrogen-bond acceptors (Lipinski definition) is 3. The van der Waals surface area contributed by atoms with Gasteiger partial charge in [0.15, 0.2) is 5.12 Å². The molecular weight excluding hydrogens is 304 g/mol. The molecule has 0 radical (unpaired) electrons. The topological polar surface area (TPSA) is 26.3 Å². The third-order valence-electron chi connectivity index (χ3n) is 3.88. The zero-order chi connectivity index (χ0) is 16.1. The normalized spacial score (nSPS) is 20.8. The molecule has 0 saturated heterocycles. The van der Waals surface area contributed by atoms with Gasteiger partial charge in [0.1, 0.15) is 0 Å². The van der Waals surface area contributed by atoms with Crippen molar-refractivity contribution >= 4 is 22.5 Å². The number of thioether (sulfide) groups is 1. The van der Waals surface area contributed by atoms with Gasteiger partial charge < -0.3 is 4.74 Å². The van der Waals surface area contributed by atoms with Crippen LogP contribution in [0.3, 0.4) is 0 Å². The summed E-state index contributed by atoms with van der Waals surface area (Å²) < 4.78 is 5.77. The van der Waals surface area contributed by atoms with Crippen molar-refractivity contribution in [3.63, 3.8) is 0 Å². The highest BCUT2D eigenvalue weighted by Gasteiger charge is 2.30. The van der Waals surface area contributed by atoms with Crippen LogP contribution in [0.1, 0.15) is 18.9 Å². The Bertz CT molecular complexity index is 694. The van der Waals surface area contributed by atoms with Gasteiger partial charge in [-0.05, 0) is 23.3 Å². The first-order valence-corrected chi connectivity index (χ1v) is 8.57. The smallest absolute Gasteiger partial charge is 0.194 e. The van der Waals surface area contributed by atoms with Crippen LogP contribution in [0, 0.1) is 5.41 Å². The maximum atomic E-state index is 12.4. The largest absolute Gasteiger partial charge is 0.376 e. The summed E-state index contributed by atoms with van der Waals surface area (Å²) in [7, 11) is 0. The molecule has 3 heteroatoms. The third kappa shape index (κ3) is 4.34. The molecule has 1 aliphatic rings. The number of ether oxygens (including phenoxy) is 1. The predicted molar refractivity (Wildman–Crippen MR) is 95.3 cm³/mol. The number of benzene rings is 2. The lowest BCUT2D eigenvalue weighted by atomic mass is 9.83. The minimum atomic E-state index is -0.248. The molecule has 0 amide bonds. The Labute approximate surface area is 141 Å². The average Bonchev–Trinajstić information content (AvgIpc) is 2.56. The molecular formula is C20H20O2S. The second kappa shape index (κ2) is 7.16. The van der Waals surface area contributed by atoms with Gasteiger partial charge in [-0.15, -0.1) is 0 Å². The lowest BCUT2D eigenvalue weighted by Crippen LogP contribution is -2.28. The van der Waals surface area contributed by atoms with Crippen LogP contribution < -0.4 is 0 Å². The summed E-state index contributed by atoms with van der Waals surface area (Å²) in [5, 5.41) is 0.174. The summed E-state index contributed by atoms with van der Waals surface area (Å²) in [6.45, 7) is 3.29. The van der Waals surface area contributed by atoms with Crippen LogP contribution in [0.15, 0.2) is 71.6 Å². The zero-order valence-electron chi connectivity index (χ0n) is 13.2. The highest BCUT2D eigenvalue weighted by molar-refractivity contribution is 8.13. The molecule has 0 bridgehead atoms. The van der Waals surface area contributed by atoms with E-state index in [9.17, 15) is 4.79 Å². The molecule has 1 aliphatic heterocycles. The number of hydrogen-bond donors (Lipinski definition) is 0. The maximum Gasteiger partial charge on any atom is 0.194 e. The van der Waals surface area contributed by atoms with E-state index in [-0.39, 0.29) is 10.5 Å². The molecule has 0 aliphatic carbocycles. The Kier molecular flexibility index (Phi) is 4.99. The molecule has 1 atom stereocenters. The summed E-state index contributed by atoms with van der Waals surface area (Å²) in [4.78, 5) is 13.4. The van der Waals surface area contributed by atoms with E-state index in [1.165, 1.54) is 17.3 Å². The quantitative estimate of drug-likeness (QED) is 0.755. The van der Waals surface area contributed by atoms with E-state index >= 15 is 0 Å². The molecule has 0 aromatic heterocycles. The van der Waals surface area contributed by atoms with Gasteiger partial charge in [-0.3, -0.25) is 4.79 Å².